The number of carbonyl (C=O) groups is 1. The van der Waals surface area contributed by atoms with E-state index in [1.807, 2.05) is 0 Å². The molecular formula is C12H11ClF4N2O. The molecule has 1 fully saturated rings. The summed E-state index contributed by atoms with van der Waals surface area (Å²) in [6, 6.07) is 2.14. The molecule has 20 heavy (non-hydrogen) atoms. The molecule has 0 unspecified atom stereocenters. The van der Waals surface area contributed by atoms with Crippen LogP contribution in [0.3, 0.4) is 0 Å². The summed E-state index contributed by atoms with van der Waals surface area (Å²) < 4.78 is 51.6. The van der Waals surface area contributed by atoms with Crippen LogP contribution >= 0.6 is 11.6 Å². The Balaban J connectivity index is 2.07. The van der Waals surface area contributed by atoms with Crippen LogP contribution in [0.1, 0.15) is 18.4 Å². The highest BCUT2D eigenvalue weighted by Gasteiger charge is 2.68. The summed E-state index contributed by atoms with van der Waals surface area (Å²) in [5, 5.41) is 2.10. The van der Waals surface area contributed by atoms with E-state index >= 15 is 0 Å². The van der Waals surface area contributed by atoms with Crippen molar-refractivity contribution in [1.29, 1.82) is 0 Å². The van der Waals surface area contributed by atoms with Gasteiger partial charge in [0.25, 0.3) is 0 Å². The molecule has 1 aliphatic carbocycles. The molecule has 1 aromatic rings. The summed E-state index contributed by atoms with van der Waals surface area (Å²) >= 11 is 5.59. The second-order valence-corrected chi connectivity index (χ2v) is 5.13. The number of rotatable bonds is 3. The first-order valence-corrected chi connectivity index (χ1v) is 6.13. The minimum atomic E-state index is -4.59. The first kappa shape index (κ1) is 14.9. The zero-order chi connectivity index (χ0) is 15.1. The molecule has 110 valence electrons. The lowest BCUT2D eigenvalue weighted by atomic mass is 10.1. The number of nitrogens with one attached hydrogen (secondary N) is 1. The van der Waals surface area contributed by atoms with Crippen molar-refractivity contribution >= 4 is 23.2 Å². The minimum Gasteiger partial charge on any atom is -0.398 e. The summed E-state index contributed by atoms with van der Waals surface area (Å²) in [7, 11) is 0. The van der Waals surface area contributed by atoms with E-state index in [4.69, 9.17) is 17.3 Å². The fraction of sp³-hybridized carbons (Fsp3) is 0.417. The lowest BCUT2D eigenvalue weighted by molar-refractivity contribution is -0.192. The van der Waals surface area contributed by atoms with E-state index in [9.17, 15) is 22.4 Å². The van der Waals surface area contributed by atoms with Crippen molar-refractivity contribution in [2.75, 3.05) is 5.73 Å². The zero-order valence-electron chi connectivity index (χ0n) is 10.2. The number of hydrogen-bond donors (Lipinski definition) is 2. The molecule has 0 saturated heterocycles. The largest absolute Gasteiger partial charge is 0.403 e. The van der Waals surface area contributed by atoms with Crippen molar-refractivity contribution in [2.24, 2.45) is 5.41 Å². The molecule has 1 amide bonds. The molecule has 0 atom stereocenters. The van der Waals surface area contributed by atoms with Crippen molar-refractivity contribution in [1.82, 2.24) is 5.32 Å². The Kier molecular flexibility index (Phi) is 3.58. The average Bonchev–Trinajstić information content (AvgIpc) is 3.12. The number of alkyl halides is 3. The fourth-order valence-electron chi connectivity index (χ4n) is 1.86. The molecule has 0 aliphatic heterocycles. The number of anilines is 1. The fourth-order valence-corrected chi connectivity index (χ4v) is 2.01. The number of nitrogen functional groups attached to an aromatic ring is 1. The Morgan fingerprint density at radius 3 is 2.50 bits per heavy atom. The van der Waals surface area contributed by atoms with Gasteiger partial charge >= 0.3 is 6.18 Å². The maximum atomic E-state index is 13.5. The van der Waals surface area contributed by atoms with Crippen LogP contribution < -0.4 is 11.1 Å². The minimum absolute atomic E-state index is 0.00605. The molecule has 0 heterocycles. The highest BCUT2D eigenvalue weighted by Crippen LogP contribution is 2.57. The molecule has 0 bridgehead atoms. The zero-order valence-corrected chi connectivity index (χ0v) is 10.9. The number of carbonyl (C=O) groups excluding carboxylic acids is 1. The molecule has 1 aliphatic rings. The van der Waals surface area contributed by atoms with Crippen molar-refractivity contribution in [3.63, 3.8) is 0 Å². The Morgan fingerprint density at radius 1 is 1.40 bits per heavy atom. The highest BCUT2D eigenvalue weighted by atomic mass is 35.5. The number of hydrogen-bond acceptors (Lipinski definition) is 2. The van der Waals surface area contributed by atoms with Gasteiger partial charge in [-0.2, -0.15) is 13.2 Å². The Hall–Kier alpha value is -1.50. The van der Waals surface area contributed by atoms with E-state index in [1.54, 1.807) is 0 Å². The second kappa shape index (κ2) is 4.80. The van der Waals surface area contributed by atoms with E-state index in [2.05, 4.69) is 5.32 Å². The normalized spacial score (nSPS) is 16.9. The average molecular weight is 311 g/mol. The molecule has 1 aromatic carbocycles. The Bertz CT molecular complexity index is 555. The Labute approximate surface area is 117 Å². The van der Waals surface area contributed by atoms with E-state index in [0.717, 1.165) is 6.07 Å². The van der Waals surface area contributed by atoms with Gasteiger partial charge in [-0.3, -0.25) is 4.79 Å². The lowest BCUT2D eigenvalue weighted by Gasteiger charge is -2.18. The monoisotopic (exact) mass is 310 g/mol. The lowest BCUT2D eigenvalue weighted by Crippen LogP contribution is -2.41. The maximum absolute atomic E-state index is 13.5. The van der Waals surface area contributed by atoms with Gasteiger partial charge in [0.1, 0.15) is 11.2 Å². The smallest absolute Gasteiger partial charge is 0.398 e. The molecular weight excluding hydrogens is 300 g/mol. The molecule has 3 nitrogen and oxygen atoms in total. The summed E-state index contributed by atoms with van der Waals surface area (Å²) in [6.45, 7) is -0.371. The standard InChI is InChI=1S/C12H11ClF4N2O/c13-7-4-8(14)6(3-9(7)18)5-19-10(20)11(1-2-11)12(15,16)17/h3-4H,1-2,5,18H2,(H,19,20). The summed E-state index contributed by atoms with van der Waals surface area (Å²) in [5.41, 5.74) is 3.23. The van der Waals surface area contributed by atoms with E-state index in [-0.39, 0.29) is 35.7 Å². The maximum Gasteiger partial charge on any atom is 0.403 e. The third-order valence-electron chi connectivity index (χ3n) is 3.33. The van der Waals surface area contributed by atoms with Crippen molar-refractivity contribution in [2.45, 2.75) is 25.6 Å². The van der Waals surface area contributed by atoms with Gasteiger partial charge < -0.3 is 11.1 Å². The Morgan fingerprint density at radius 2 is 2.00 bits per heavy atom. The number of halogens is 5. The van der Waals surface area contributed by atoms with Crippen LogP contribution in [0.4, 0.5) is 23.2 Å². The first-order chi connectivity index (χ1) is 9.17. The summed E-state index contributed by atoms with van der Waals surface area (Å²) in [5.74, 6) is -1.88. The molecule has 8 heteroatoms. The molecule has 2 rings (SSSR count). The number of nitrogens with two attached hydrogens (primary N) is 1. The van der Waals surface area contributed by atoms with Gasteiger partial charge in [0.05, 0.1) is 10.7 Å². The van der Waals surface area contributed by atoms with Crippen LogP contribution in [-0.4, -0.2) is 12.1 Å². The highest BCUT2D eigenvalue weighted by molar-refractivity contribution is 6.33. The van der Waals surface area contributed by atoms with E-state index in [0.29, 0.717) is 0 Å². The van der Waals surface area contributed by atoms with Gasteiger partial charge in [-0.15, -0.1) is 0 Å². The first-order valence-electron chi connectivity index (χ1n) is 5.76. The summed E-state index contributed by atoms with van der Waals surface area (Å²) in [4.78, 5) is 11.6. The van der Waals surface area contributed by atoms with Crippen LogP contribution in [0.25, 0.3) is 0 Å². The third kappa shape index (κ3) is 2.54. The van der Waals surface area contributed by atoms with Crippen LogP contribution in [0, 0.1) is 11.2 Å². The van der Waals surface area contributed by atoms with Crippen LogP contribution in [0.5, 0.6) is 0 Å². The predicted octanol–water partition coefficient (Wildman–Crippen LogP) is 3.02. The predicted molar refractivity (Wildman–Crippen MR) is 65.4 cm³/mol. The molecule has 1 saturated carbocycles. The van der Waals surface area contributed by atoms with Gasteiger partial charge in [-0.25, -0.2) is 4.39 Å². The number of amides is 1. The van der Waals surface area contributed by atoms with Gasteiger partial charge in [0, 0.05) is 12.1 Å². The van der Waals surface area contributed by atoms with Gasteiger partial charge in [0.15, 0.2) is 0 Å². The van der Waals surface area contributed by atoms with Gasteiger partial charge in [-0.05, 0) is 25.0 Å². The van der Waals surface area contributed by atoms with Crippen molar-refractivity contribution in [3.05, 3.63) is 28.5 Å². The van der Waals surface area contributed by atoms with E-state index in [1.165, 1.54) is 6.07 Å². The van der Waals surface area contributed by atoms with Crippen molar-refractivity contribution < 1.29 is 22.4 Å². The van der Waals surface area contributed by atoms with Crippen LogP contribution in [0.15, 0.2) is 12.1 Å². The molecule has 0 radical (unpaired) electrons. The van der Waals surface area contributed by atoms with Crippen LogP contribution in [-0.2, 0) is 11.3 Å². The molecule has 0 aromatic heterocycles. The molecule has 0 spiro atoms. The topological polar surface area (TPSA) is 55.1 Å². The SMILES string of the molecule is Nc1cc(CNC(=O)C2(C(F)(F)F)CC2)c(F)cc1Cl. The molecule has 3 N–H and O–H groups in total. The quantitative estimate of drug-likeness (QED) is 0.666. The summed E-state index contributed by atoms with van der Waals surface area (Å²) in [6.07, 6.45) is -5.07. The van der Waals surface area contributed by atoms with Crippen molar-refractivity contribution in [3.8, 4) is 0 Å². The van der Waals surface area contributed by atoms with E-state index < -0.39 is 23.3 Å². The van der Waals surface area contributed by atoms with Gasteiger partial charge in [-0.1, -0.05) is 11.6 Å². The third-order valence-corrected chi connectivity index (χ3v) is 3.66. The van der Waals surface area contributed by atoms with Gasteiger partial charge in [0.2, 0.25) is 5.91 Å². The van der Waals surface area contributed by atoms with Crippen LogP contribution in [0.2, 0.25) is 5.02 Å². The second-order valence-electron chi connectivity index (χ2n) is 4.73. The number of benzene rings is 1.